The van der Waals surface area contributed by atoms with Gasteiger partial charge in [0, 0.05) is 18.0 Å². The highest BCUT2D eigenvalue weighted by molar-refractivity contribution is 5.95. The van der Waals surface area contributed by atoms with Crippen LogP contribution in [0.5, 0.6) is 0 Å². The monoisotopic (exact) mass is 375 g/mol. The summed E-state index contributed by atoms with van der Waals surface area (Å²) in [4.78, 5) is 29.5. The molecule has 2 aromatic rings. The Bertz CT molecular complexity index is 883. The zero-order valence-electron chi connectivity index (χ0n) is 15.9. The number of amides is 2. The highest BCUT2D eigenvalue weighted by atomic mass is 16.2. The Kier molecular flexibility index (Phi) is 4.00. The average molecular weight is 375 g/mol. The van der Waals surface area contributed by atoms with Crippen molar-refractivity contribution in [3.05, 3.63) is 66.0 Å². The van der Waals surface area contributed by atoms with Crippen LogP contribution in [0.4, 0.5) is 0 Å². The van der Waals surface area contributed by atoms with Crippen LogP contribution in [0.2, 0.25) is 0 Å². The largest absolute Gasteiger partial charge is 0.273 e. The van der Waals surface area contributed by atoms with Gasteiger partial charge in [-0.2, -0.15) is 0 Å². The molecule has 4 fully saturated rings. The molecular weight excluding hydrogens is 350 g/mol. The lowest BCUT2D eigenvalue weighted by Gasteiger charge is -2.61. The molecule has 4 aliphatic carbocycles. The first-order valence-electron chi connectivity index (χ1n) is 10.2. The lowest BCUT2D eigenvalue weighted by atomic mass is 9.42. The first-order chi connectivity index (χ1) is 13.6. The Balaban J connectivity index is 1.36. The maximum atomic E-state index is 13.3. The van der Waals surface area contributed by atoms with E-state index >= 15 is 0 Å². The van der Waals surface area contributed by atoms with E-state index in [0.717, 1.165) is 19.3 Å². The molecule has 4 aliphatic rings. The summed E-state index contributed by atoms with van der Waals surface area (Å²) in [7, 11) is 0. The number of hydrogen-bond acceptors (Lipinski definition) is 3. The third kappa shape index (κ3) is 2.81. The van der Waals surface area contributed by atoms with Gasteiger partial charge in [-0.05, 0) is 73.5 Å². The lowest BCUT2D eigenvalue weighted by molar-refractivity contribution is -0.149. The fraction of sp³-hybridized carbons (Fsp3) is 0.435. The molecule has 144 valence electrons. The maximum absolute atomic E-state index is 13.3. The third-order valence-electron chi connectivity index (χ3n) is 7.16. The molecule has 1 aromatic carbocycles. The molecule has 2 amide bonds. The summed E-state index contributed by atoms with van der Waals surface area (Å²) in [5.74, 6) is 0.869. The van der Waals surface area contributed by atoms with E-state index in [-0.39, 0.29) is 22.6 Å². The summed E-state index contributed by atoms with van der Waals surface area (Å²) in [5, 5.41) is 0. The van der Waals surface area contributed by atoms with Gasteiger partial charge in [-0.25, -0.2) is 0 Å². The van der Waals surface area contributed by atoms with Gasteiger partial charge in [-0.1, -0.05) is 30.3 Å². The number of nitrogens with one attached hydrogen (secondary N) is 2. The smallest absolute Gasteiger partial charge is 0.269 e. The highest BCUT2D eigenvalue weighted by Gasteiger charge is 2.60. The first kappa shape index (κ1) is 17.4. The quantitative estimate of drug-likeness (QED) is 0.808. The van der Waals surface area contributed by atoms with E-state index in [1.807, 2.05) is 0 Å². The van der Waals surface area contributed by atoms with Crippen molar-refractivity contribution in [2.75, 3.05) is 0 Å². The molecule has 0 radical (unpaired) electrons. The van der Waals surface area contributed by atoms with Gasteiger partial charge in [0.25, 0.3) is 5.91 Å². The van der Waals surface area contributed by atoms with Crippen molar-refractivity contribution in [1.82, 2.24) is 15.8 Å². The van der Waals surface area contributed by atoms with Gasteiger partial charge >= 0.3 is 0 Å². The number of hydrogen-bond donors (Lipinski definition) is 2. The van der Waals surface area contributed by atoms with Gasteiger partial charge in [-0.3, -0.25) is 25.4 Å². The van der Waals surface area contributed by atoms with Crippen LogP contribution in [0, 0.1) is 17.3 Å². The molecule has 0 spiro atoms. The molecule has 4 saturated carbocycles. The molecule has 5 heteroatoms. The Morgan fingerprint density at radius 3 is 2.25 bits per heavy atom. The minimum atomic E-state index is -0.370. The normalized spacial score (nSPS) is 32.7. The van der Waals surface area contributed by atoms with Gasteiger partial charge in [0.05, 0.1) is 5.41 Å². The zero-order valence-corrected chi connectivity index (χ0v) is 15.9. The third-order valence-corrected chi connectivity index (χ3v) is 7.16. The Morgan fingerprint density at radius 2 is 1.57 bits per heavy atom. The number of rotatable bonds is 3. The summed E-state index contributed by atoms with van der Waals surface area (Å²) in [5.41, 5.74) is 6.96. The van der Waals surface area contributed by atoms with Crippen LogP contribution in [0.15, 0.2) is 54.9 Å². The summed E-state index contributed by atoms with van der Waals surface area (Å²) >= 11 is 0. The van der Waals surface area contributed by atoms with Crippen molar-refractivity contribution in [2.45, 2.75) is 43.9 Å². The number of pyridine rings is 1. The average Bonchev–Trinajstić information content (AvgIpc) is 2.72. The zero-order chi connectivity index (χ0) is 19.2. The number of hydrazine groups is 1. The maximum Gasteiger partial charge on any atom is 0.269 e. The van der Waals surface area contributed by atoms with Crippen molar-refractivity contribution in [3.63, 3.8) is 0 Å². The summed E-state index contributed by atoms with van der Waals surface area (Å²) in [6.07, 6.45) is 9.52. The number of carbonyl (C=O) groups excluding carboxylic acids is 2. The van der Waals surface area contributed by atoms with Gasteiger partial charge < -0.3 is 0 Å². The highest BCUT2D eigenvalue weighted by Crippen LogP contribution is 2.65. The molecule has 0 saturated heterocycles. The summed E-state index contributed by atoms with van der Waals surface area (Å²) < 4.78 is 0. The van der Waals surface area contributed by atoms with Crippen molar-refractivity contribution in [3.8, 4) is 0 Å². The number of benzene rings is 1. The molecular formula is C23H25N3O2. The van der Waals surface area contributed by atoms with E-state index in [2.05, 4.69) is 46.2 Å². The number of aromatic nitrogens is 1. The molecule has 5 nitrogen and oxygen atoms in total. The summed E-state index contributed by atoms with van der Waals surface area (Å²) in [6.45, 7) is 0. The van der Waals surface area contributed by atoms with E-state index in [9.17, 15) is 9.59 Å². The van der Waals surface area contributed by atoms with Crippen molar-refractivity contribution >= 4 is 11.8 Å². The van der Waals surface area contributed by atoms with E-state index in [4.69, 9.17) is 0 Å². The predicted molar refractivity (Wildman–Crippen MR) is 105 cm³/mol. The molecule has 1 heterocycles. The van der Waals surface area contributed by atoms with Crippen molar-refractivity contribution < 1.29 is 9.59 Å². The number of carbonyl (C=O) groups is 2. The molecule has 0 aliphatic heterocycles. The van der Waals surface area contributed by atoms with Gasteiger partial charge in [0.1, 0.15) is 0 Å². The molecule has 4 bridgehead atoms. The summed E-state index contributed by atoms with van der Waals surface area (Å²) in [6, 6.07) is 14.0. The standard InChI is InChI=1S/C23H25N3O2/c27-20(18-6-8-24-9-7-18)25-26-21(28)23-13-16-10-17(14-23)12-22(11-16,15-23)19-4-2-1-3-5-19/h1-9,16-17H,10-15H2,(H,25,27)(H,26,28)/t16-,17-,22?,23?/m0/s1. The van der Waals surface area contributed by atoms with Crippen molar-refractivity contribution in [2.24, 2.45) is 17.3 Å². The minimum absolute atomic E-state index is 0.0238. The van der Waals surface area contributed by atoms with Gasteiger partial charge in [0.15, 0.2) is 0 Å². The van der Waals surface area contributed by atoms with Crippen LogP contribution in [0.3, 0.4) is 0 Å². The van der Waals surface area contributed by atoms with E-state index in [1.54, 1.807) is 24.5 Å². The SMILES string of the molecule is O=C(NNC(=O)C12C[C@H]3C[C@H](C1)CC(c1ccccc1)(C3)C2)c1ccncc1. The Hall–Kier alpha value is -2.69. The molecule has 28 heavy (non-hydrogen) atoms. The first-order valence-corrected chi connectivity index (χ1v) is 10.2. The van der Waals surface area contributed by atoms with E-state index in [1.165, 1.54) is 24.8 Å². The molecule has 2 N–H and O–H groups in total. The van der Waals surface area contributed by atoms with Crippen LogP contribution in [-0.2, 0) is 10.2 Å². The second kappa shape index (κ2) is 6.43. The second-order valence-electron chi connectivity index (χ2n) is 9.03. The fourth-order valence-corrected chi connectivity index (χ4v) is 6.48. The van der Waals surface area contributed by atoms with Gasteiger partial charge in [0.2, 0.25) is 5.91 Å². The Labute approximate surface area is 164 Å². The van der Waals surface area contributed by atoms with Crippen LogP contribution < -0.4 is 10.9 Å². The van der Waals surface area contributed by atoms with Crippen LogP contribution in [0.25, 0.3) is 0 Å². The second-order valence-corrected chi connectivity index (χ2v) is 9.03. The fourth-order valence-electron chi connectivity index (χ4n) is 6.48. The van der Waals surface area contributed by atoms with E-state index < -0.39 is 0 Å². The molecule has 0 unspecified atom stereocenters. The van der Waals surface area contributed by atoms with Crippen molar-refractivity contribution in [1.29, 1.82) is 0 Å². The van der Waals surface area contributed by atoms with Crippen LogP contribution in [0.1, 0.15) is 54.4 Å². The number of nitrogens with zero attached hydrogens (tertiary/aromatic N) is 1. The molecule has 2 atom stereocenters. The van der Waals surface area contributed by atoms with E-state index in [0.29, 0.717) is 17.4 Å². The predicted octanol–water partition coefficient (Wildman–Crippen LogP) is 3.38. The Morgan fingerprint density at radius 1 is 0.893 bits per heavy atom. The van der Waals surface area contributed by atoms with Gasteiger partial charge in [-0.15, -0.1) is 0 Å². The molecule has 1 aromatic heterocycles. The lowest BCUT2D eigenvalue weighted by Crippen LogP contribution is -2.60. The van der Waals surface area contributed by atoms with Crippen LogP contribution >= 0.6 is 0 Å². The van der Waals surface area contributed by atoms with Crippen LogP contribution in [-0.4, -0.2) is 16.8 Å². The topological polar surface area (TPSA) is 71.1 Å². The minimum Gasteiger partial charge on any atom is -0.273 e. The molecule has 6 rings (SSSR count).